The first-order chi connectivity index (χ1) is 7.11. The average Bonchev–Trinajstić information content (AvgIpc) is 2.15. The lowest BCUT2D eigenvalue weighted by Crippen LogP contribution is -2.23. The van der Waals surface area contributed by atoms with Gasteiger partial charge in [-0.15, -0.1) is 0 Å². The first-order valence-electron chi connectivity index (χ1n) is 4.54. The molecule has 0 aliphatic rings. The molecule has 1 rings (SSSR count). The number of nitrogens with zero attached hydrogens (tertiary/aromatic N) is 1. The van der Waals surface area contributed by atoms with Crippen LogP contribution >= 0.6 is 11.6 Å². The van der Waals surface area contributed by atoms with Gasteiger partial charge < -0.3 is 16.2 Å². The Balaban J connectivity index is 2.54. The Kier molecular flexibility index (Phi) is 4.24. The Morgan fingerprint density at radius 1 is 1.47 bits per heavy atom. The second-order valence-corrected chi connectivity index (χ2v) is 3.45. The van der Waals surface area contributed by atoms with Crippen LogP contribution in [-0.2, 0) is 0 Å². The Morgan fingerprint density at radius 3 is 2.80 bits per heavy atom. The molecule has 4 nitrogen and oxygen atoms in total. The zero-order valence-corrected chi connectivity index (χ0v) is 9.29. The van der Waals surface area contributed by atoms with Gasteiger partial charge in [0.25, 0.3) is 0 Å². The first kappa shape index (κ1) is 11.7. The van der Waals surface area contributed by atoms with Crippen molar-refractivity contribution in [1.29, 1.82) is 0 Å². The van der Waals surface area contributed by atoms with Gasteiger partial charge in [0.1, 0.15) is 12.4 Å². The van der Waals surface area contributed by atoms with E-state index in [1.165, 1.54) is 0 Å². The van der Waals surface area contributed by atoms with Gasteiger partial charge in [-0.25, -0.2) is 0 Å². The Labute approximate surface area is 93.9 Å². The number of hydrogen-bond acceptors (Lipinski definition) is 2. The predicted molar refractivity (Wildman–Crippen MR) is 62.4 cm³/mol. The minimum Gasteiger partial charge on any atom is -0.490 e. The largest absolute Gasteiger partial charge is 0.490 e. The second-order valence-electron chi connectivity index (χ2n) is 3.04. The van der Waals surface area contributed by atoms with Crippen LogP contribution in [0.4, 0.5) is 0 Å². The Bertz CT molecular complexity index is 341. The van der Waals surface area contributed by atoms with Gasteiger partial charge in [0.15, 0.2) is 5.96 Å². The number of benzene rings is 1. The van der Waals surface area contributed by atoms with Crippen LogP contribution in [0.15, 0.2) is 23.2 Å². The van der Waals surface area contributed by atoms with Crippen LogP contribution < -0.4 is 16.2 Å². The fraction of sp³-hybridized carbons (Fsp3) is 0.300. The molecule has 0 saturated heterocycles. The lowest BCUT2D eigenvalue weighted by Gasteiger charge is -2.09. The maximum atomic E-state index is 5.96. The van der Waals surface area contributed by atoms with Crippen molar-refractivity contribution >= 4 is 17.6 Å². The quantitative estimate of drug-likeness (QED) is 0.463. The molecular formula is C10H14ClN3O. The summed E-state index contributed by atoms with van der Waals surface area (Å²) in [5.74, 6) is 0.749. The normalized spacial score (nSPS) is 9.73. The van der Waals surface area contributed by atoms with E-state index in [0.29, 0.717) is 23.9 Å². The van der Waals surface area contributed by atoms with Crippen LogP contribution in [0.3, 0.4) is 0 Å². The van der Waals surface area contributed by atoms with E-state index in [0.717, 1.165) is 5.56 Å². The third-order valence-electron chi connectivity index (χ3n) is 1.80. The summed E-state index contributed by atoms with van der Waals surface area (Å²) in [6, 6.07) is 5.59. The van der Waals surface area contributed by atoms with Gasteiger partial charge in [-0.2, -0.15) is 0 Å². The Morgan fingerprint density at radius 2 is 2.20 bits per heavy atom. The van der Waals surface area contributed by atoms with Crippen molar-refractivity contribution in [3.63, 3.8) is 0 Å². The van der Waals surface area contributed by atoms with Crippen LogP contribution in [0, 0.1) is 6.92 Å². The number of ether oxygens (including phenoxy) is 1. The highest BCUT2D eigenvalue weighted by atomic mass is 35.5. The molecule has 1 aromatic carbocycles. The number of guanidine groups is 1. The van der Waals surface area contributed by atoms with Crippen LogP contribution in [0.25, 0.3) is 0 Å². The van der Waals surface area contributed by atoms with Gasteiger partial charge in [-0.05, 0) is 18.6 Å². The standard InChI is InChI=1S/C10H14ClN3O/c1-7-3-2-4-8(11)9(7)15-6-5-14-10(12)13/h2-4H,5-6H2,1H3,(H4,12,13,14). The first-order valence-corrected chi connectivity index (χ1v) is 4.92. The summed E-state index contributed by atoms with van der Waals surface area (Å²) in [5.41, 5.74) is 11.3. The third kappa shape index (κ3) is 3.67. The number of aliphatic imine (C=N–C) groups is 1. The predicted octanol–water partition coefficient (Wildman–Crippen LogP) is 1.30. The van der Waals surface area contributed by atoms with Gasteiger partial charge in [0, 0.05) is 0 Å². The summed E-state index contributed by atoms with van der Waals surface area (Å²) in [4.78, 5) is 3.80. The van der Waals surface area contributed by atoms with E-state index in [9.17, 15) is 0 Å². The number of hydrogen-bond donors (Lipinski definition) is 2. The molecule has 5 heteroatoms. The molecule has 0 saturated carbocycles. The zero-order valence-electron chi connectivity index (χ0n) is 8.53. The number of para-hydroxylation sites is 1. The van der Waals surface area contributed by atoms with E-state index < -0.39 is 0 Å². The van der Waals surface area contributed by atoms with Crippen molar-refractivity contribution in [3.05, 3.63) is 28.8 Å². The monoisotopic (exact) mass is 227 g/mol. The molecule has 0 aliphatic carbocycles. The van der Waals surface area contributed by atoms with Crippen LogP contribution in [-0.4, -0.2) is 19.1 Å². The molecule has 0 radical (unpaired) electrons. The van der Waals surface area contributed by atoms with Crippen LogP contribution in [0.5, 0.6) is 5.75 Å². The van der Waals surface area contributed by atoms with Gasteiger partial charge in [0.2, 0.25) is 0 Å². The highest BCUT2D eigenvalue weighted by Crippen LogP contribution is 2.27. The average molecular weight is 228 g/mol. The van der Waals surface area contributed by atoms with Crippen molar-refractivity contribution in [1.82, 2.24) is 0 Å². The summed E-state index contributed by atoms with van der Waals surface area (Å²) in [6.07, 6.45) is 0. The fourth-order valence-corrected chi connectivity index (χ4v) is 1.40. The SMILES string of the molecule is Cc1cccc(Cl)c1OCCN=C(N)N. The highest BCUT2D eigenvalue weighted by molar-refractivity contribution is 6.32. The number of halogens is 1. The molecule has 15 heavy (non-hydrogen) atoms. The van der Waals surface area contributed by atoms with Crippen LogP contribution in [0.2, 0.25) is 5.02 Å². The van der Waals surface area contributed by atoms with E-state index in [1.54, 1.807) is 6.07 Å². The van der Waals surface area contributed by atoms with E-state index in [2.05, 4.69) is 4.99 Å². The van der Waals surface area contributed by atoms with E-state index in [1.807, 2.05) is 19.1 Å². The smallest absolute Gasteiger partial charge is 0.186 e. The maximum absolute atomic E-state index is 5.96. The summed E-state index contributed by atoms with van der Waals surface area (Å²) >= 11 is 5.96. The van der Waals surface area contributed by atoms with Crippen LogP contribution in [0.1, 0.15) is 5.56 Å². The summed E-state index contributed by atoms with van der Waals surface area (Å²) in [7, 11) is 0. The molecule has 4 N–H and O–H groups in total. The summed E-state index contributed by atoms with van der Waals surface area (Å²) < 4.78 is 5.47. The summed E-state index contributed by atoms with van der Waals surface area (Å²) in [5, 5.41) is 0.597. The van der Waals surface area contributed by atoms with Crippen molar-refractivity contribution in [3.8, 4) is 5.75 Å². The molecule has 0 amide bonds. The number of nitrogens with two attached hydrogens (primary N) is 2. The molecule has 0 bridgehead atoms. The number of rotatable bonds is 4. The lowest BCUT2D eigenvalue weighted by atomic mass is 10.2. The summed E-state index contributed by atoms with van der Waals surface area (Å²) in [6.45, 7) is 2.76. The molecular weight excluding hydrogens is 214 g/mol. The minimum absolute atomic E-state index is 0.0643. The zero-order chi connectivity index (χ0) is 11.3. The van der Waals surface area contributed by atoms with E-state index in [-0.39, 0.29) is 5.96 Å². The molecule has 0 fully saturated rings. The van der Waals surface area contributed by atoms with Crippen molar-refractivity contribution in [2.24, 2.45) is 16.5 Å². The molecule has 0 aromatic heterocycles. The van der Waals surface area contributed by atoms with E-state index in [4.69, 9.17) is 27.8 Å². The van der Waals surface area contributed by atoms with Crippen molar-refractivity contribution < 1.29 is 4.74 Å². The van der Waals surface area contributed by atoms with Gasteiger partial charge in [0.05, 0.1) is 11.6 Å². The topological polar surface area (TPSA) is 73.6 Å². The van der Waals surface area contributed by atoms with Gasteiger partial charge >= 0.3 is 0 Å². The van der Waals surface area contributed by atoms with Gasteiger partial charge in [-0.1, -0.05) is 23.7 Å². The minimum atomic E-state index is 0.0643. The van der Waals surface area contributed by atoms with Crippen molar-refractivity contribution in [2.75, 3.05) is 13.2 Å². The molecule has 0 atom stereocenters. The molecule has 0 unspecified atom stereocenters. The van der Waals surface area contributed by atoms with Crippen molar-refractivity contribution in [2.45, 2.75) is 6.92 Å². The van der Waals surface area contributed by atoms with Gasteiger partial charge in [-0.3, -0.25) is 4.99 Å². The third-order valence-corrected chi connectivity index (χ3v) is 2.09. The number of aryl methyl sites for hydroxylation is 1. The molecule has 0 spiro atoms. The second kappa shape index (κ2) is 5.46. The lowest BCUT2D eigenvalue weighted by molar-refractivity contribution is 0.326. The molecule has 82 valence electrons. The molecule has 1 aromatic rings. The molecule has 0 heterocycles. The maximum Gasteiger partial charge on any atom is 0.186 e. The highest BCUT2D eigenvalue weighted by Gasteiger charge is 2.03. The van der Waals surface area contributed by atoms with E-state index >= 15 is 0 Å². The molecule has 0 aliphatic heterocycles. The fourth-order valence-electron chi connectivity index (χ4n) is 1.12. The Hall–Kier alpha value is -1.42.